The maximum atomic E-state index is 12.0. The van der Waals surface area contributed by atoms with Crippen molar-refractivity contribution in [2.24, 2.45) is 0 Å². The Balaban J connectivity index is 2.85. The van der Waals surface area contributed by atoms with Gasteiger partial charge in [0.2, 0.25) is 0 Å². The normalized spacial score (nSPS) is 11.3. The van der Waals surface area contributed by atoms with Crippen molar-refractivity contribution < 1.29 is 4.79 Å². The zero-order valence-electron chi connectivity index (χ0n) is 10.2. The minimum Gasteiger partial charge on any atom is -0.347 e. The Morgan fingerprint density at radius 1 is 1.44 bits per heavy atom. The molecular weight excluding hydrogens is 266 g/mol. The lowest BCUT2D eigenvalue weighted by Crippen LogP contribution is -2.42. The number of carbonyl (C=O) groups is 1. The minimum absolute atomic E-state index is 0.0116. The smallest absolute Gasteiger partial charge is 0.251 e. The molecular formula is C13H18BrNO. The van der Waals surface area contributed by atoms with E-state index in [4.69, 9.17) is 0 Å². The maximum Gasteiger partial charge on any atom is 0.251 e. The molecule has 1 amide bonds. The molecule has 0 unspecified atom stereocenters. The lowest BCUT2D eigenvalue weighted by atomic mass is 10.0. The van der Waals surface area contributed by atoms with E-state index in [1.165, 1.54) is 0 Å². The van der Waals surface area contributed by atoms with Crippen LogP contribution < -0.4 is 5.32 Å². The number of hydrogen-bond donors (Lipinski definition) is 1. The molecule has 1 N–H and O–H groups in total. The number of benzene rings is 1. The van der Waals surface area contributed by atoms with E-state index >= 15 is 0 Å². The van der Waals surface area contributed by atoms with Gasteiger partial charge in [0.1, 0.15) is 0 Å². The summed E-state index contributed by atoms with van der Waals surface area (Å²) < 4.78 is 1.03. The summed E-state index contributed by atoms with van der Waals surface area (Å²) in [4.78, 5) is 12.0. The summed E-state index contributed by atoms with van der Waals surface area (Å²) in [6, 6.07) is 5.63. The molecule has 0 saturated heterocycles. The molecule has 1 rings (SSSR count). The van der Waals surface area contributed by atoms with Crippen molar-refractivity contribution >= 4 is 21.8 Å². The Labute approximate surface area is 106 Å². The van der Waals surface area contributed by atoms with E-state index in [1.54, 1.807) is 0 Å². The van der Waals surface area contributed by atoms with Gasteiger partial charge in [-0.1, -0.05) is 22.9 Å². The van der Waals surface area contributed by atoms with Gasteiger partial charge in [0, 0.05) is 15.6 Å². The standard InChI is InChI=1S/C13H18BrNO/c1-5-13(3,4)15-12(16)10-6-7-11(14)9(2)8-10/h6-8H,5H2,1-4H3,(H,15,16). The molecule has 0 aliphatic heterocycles. The molecule has 1 aromatic carbocycles. The van der Waals surface area contributed by atoms with Crippen molar-refractivity contribution in [3.63, 3.8) is 0 Å². The Morgan fingerprint density at radius 2 is 2.06 bits per heavy atom. The number of nitrogens with one attached hydrogen (secondary N) is 1. The number of carbonyl (C=O) groups excluding carboxylic acids is 1. The topological polar surface area (TPSA) is 29.1 Å². The Kier molecular flexibility index (Phi) is 4.14. The summed E-state index contributed by atoms with van der Waals surface area (Å²) in [6.07, 6.45) is 0.911. The van der Waals surface area contributed by atoms with E-state index < -0.39 is 0 Å². The minimum atomic E-state index is -0.155. The van der Waals surface area contributed by atoms with Crippen molar-refractivity contribution in [1.82, 2.24) is 5.32 Å². The van der Waals surface area contributed by atoms with Crippen LogP contribution in [0.15, 0.2) is 22.7 Å². The van der Waals surface area contributed by atoms with Crippen molar-refractivity contribution in [3.05, 3.63) is 33.8 Å². The highest BCUT2D eigenvalue weighted by atomic mass is 79.9. The zero-order valence-corrected chi connectivity index (χ0v) is 11.8. The lowest BCUT2D eigenvalue weighted by molar-refractivity contribution is 0.0911. The van der Waals surface area contributed by atoms with Gasteiger partial charge in [0.05, 0.1) is 0 Å². The van der Waals surface area contributed by atoms with Crippen molar-refractivity contribution in [2.75, 3.05) is 0 Å². The fraction of sp³-hybridized carbons (Fsp3) is 0.462. The molecule has 0 aliphatic carbocycles. The predicted octanol–water partition coefficient (Wildman–Crippen LogP) is 3.68. The summed E-state index contributed by atoms with van der Waals surface area (Å²) in [5.74, 6) is -0.0116. The SMILES string of the molecule is CCC(C)(C)NC(=O)c1ccc(Br)c(C)c1. The molecule has 0 bridgehead atoms. The fourth-order valence-electron chi connectivity index (χ4n) is 1.25. The highest BCUT2D eigenvalue weighted by molar-refractivity contribution is 9.10. The van der Waals surface area contributed by atoms with Crippen LogP contribution in [-0.2, 0) is 0 Å². The van der Waals surface area contributed by atoms with Crippen LogP contribution in [0.4, 0.5) is 0 Å². The van der Waals surface area contributed by atoms with Gasteiger partial charge in [0.15, 0.2) is 0 Å². The summed E-state index contributed by atoms with van der Waals surface area (Å²) in [5.41, 5.74) is 1.63. The molecule has 88 valence electrons. The highest BCUT2D eigenvalue weighted by Crippen LogP contribution is 2.18. The van der Waals surface area contributed by atoms with Gasteiger partial charge in [-0.3, -0.25) is 4.79 Å². The number of rotatable bonds is 3. The summed E-state index contributed by atoms with van der Waals surface area (Å²) in [7, 11) is 0. The van der Waals surface area contributed by atoms with Crippen LogP contribution in [0.25, 0.3) is 0 Å². The third-order valence-electron chi connectivity index (χ3n) is 2.76. The summed E-state index contributed by atoms with van der Waals surface area (Å²) >= 11 is 3.42. The zero-order chi connectivity index (χ0) is 12.3. The quantitative estimate of drug-likeness (QED) is 0.901. The van der Waals surface area contributed by atoms with Gasteiger partial charge in [-0.05, 0) is 51.0 Å². The second-order valence-electron chi connectivity index (χ2n) is 4.66. The van der Waals surface area contributed by atoms with Crippen LogP contribution in [0.2, 0.25) is 0 Å². The first kappa shape index (κ1) is 13.2. The fourth-order valence-corrected chi connectivity index (χ4v) is 1.50. The first-order valence-electron chi connectivity index (χ1n) is 5.44. The highest BCUT2D eigenvalue weighted by Gasteiger charge is 2.18. The lowest BCUT2D eigenvalue weighted by Gasteiger charge is -2.24. The number of halogens is 1. The van der Waals surface area contributed by atoms with E-state index in [0.29, 0.717) is 5.56 Å². The van der Waals surface area contributed by atoms with Crippen LogP contribution in [0, 0.1) is 6.92 Å². The van der Waals surface area contributed by atoms with E-state index in [9.17, 15) is 4.79 Å². The van der Waals surface area contributed by atoms with E-state index in [1.807, 2.05) is 39.0 Å². The molecule has 0 aliphatic rings. The Hall–Kier alpha value is -0.830. The average molecular weight is 284 g/mol. The third-order valence-corrected chi connectivity index (χ3v) is 3.65. The summed E-state index contributed by atoms with van der Waals surface area (Å²) in [5, 5.41) is 3.01. The number of aryl methyl sites for hydroxylation is 1. The van der Waals surface area contributed by atoms with Crippen LogP contribution >= 0.6 is 15.9 Å². The molecule has 0 fully saturated rings. The molecule has 0 atom stereocenters. The van der Waals surface area contributed by atoms with Gasteiger partial charge in [0.25, 0.3) is 5.91 Å². The molecule has 1 aromatic rings. The molecule has 3 heteroatoms. The van der Waals surface area contributed by atoms with Gasteiger partial charge in [-0.2, -0.15) is 0 Å². The Morgan fingerprint density at radius 3 is 2.56 bits per heavy atom. The first-order chi connectivity index (χ1) is 7.35. The molecule has 16 heavy (non-hydrogen) atoms. The third kappa shape index (κ3) is 3.34. The second-order valence-corrected chi connectivity index (χ2v) is 5.51. The molecule has 0 aromatic heterocycles. The van der Waals surface area contributed by atoms with Gasteiger partial charge >= 0.3 is 0 Å². The van der Waals surface area contributed by atoms with E-state index in [-0.39, 0.29) is 11.4 Å². The molecule has 0 radical (unpaired) electrons. The molecule has 2 nitrogen and oxygen atoms in total. The maximum absolute atomic E-state index is 12.0. The first-order valence-corrected chi connectivity index (χ1v) is 6.23. The van der Waals surface area contributed by atoms with Crippen molar-refractivity contribution in [3.8, 4) is 0 Å². The van der Waals surface area contributed by atoms with Crippen LogP contribution in [0.1, 0.15) is 43.1 Å². The molecule has 0 saturated carbocycles. The van der Waals surface area contributed by atoms with Crippen LogP contribution in [-0.4, -0.2) is 11.4 Å². The van der Waals surface area contributed by atoms with Gasteiger partial charge in [-0.25, -0.2) is 0 Å². The van der Waals surface area contributed by atoms with Crippen LogP contribution in [0.3, 0.4) is 0 Å². The largest absolute Gasteiger partial charge is 0.347 e. The molecule has 0 heterocycles. The number of hydrogen-bond acceptors (Lipinski definition) is 1. The monoisotopic (exact) mass is 283 g/mol. The van der Waals surface area contributed by atoms with Crippen molar-refractivity contribution in [2.45, 2.75) is 39.7 Å². The Bertz CT molecular complexity index is 399. The van der Waals surface area contributed by atoms with Gasteiger partial charge < -0.3 is 5.32 Å². The second kappa shape index (κ2) is 5.00. The molecule has 0 spiro atoms. The predicted molar refractivity (Wildman–Crippen MR) is 70.7 cm³/mol. The number of amides is 1. The van der Waals surface area contributed by atoms with Crippen LogP contribution in [0.5, 0.6) is 0 Å². The average Bonchev–Trinajstić information content (AvgIpc) is 2.21. The van der Waals surface area contributed by atoms with Crippen molar-refractivity contribution in [1.29, 1.82) is 0 Å². The summed E-state index contributed by atoms with van der Waals surface area (Å²) in [6.45, 7) is 8.09. The van der Waals surface area contributed by atoms with E-state index in [2.05, 4.69) is 28.2 Å². The van der Waals surface area contributed by atoms with E-state index in [0.717, 1.165) is 16.5 Å². The van der Waals surface area contributed by atoms with Gasteiger partial charge in [-0.15, -0.1) is 0 Å².